The summed E-state index contributed by atoms with van der Waals surface area (Å²) in [7, 11) is 0. The maximum Gasteiger partial charge on any atom is 0.159 e. The van der Waals surface area contributed by atoms with Gasteiger partial charge in [-0.3, -0.25) is 0 Å². The second-order valence-corrected chi connectivity index (χ2v) is 4.15. The first-order valence-electron chi connectivity index (χ1n) is 5.29. The first-order valence-corrected chi connectivity index (χ1v) is 5.73. The number of hydrogen-bond donors (Lipinski definition) is 0. The Morgan fingerprint density at radius 2 is 2.06 bits per heavy atom. The molecule has 1 nitrogen and oxygen atoms in total. The monoisotopic (exact) mass is 248 g/mol. The number of alkyl halides is 1. The van der Waals surface area contributed by atoms with Crippen molar-refractivity contribution >= 4 is 11.6 Å². The summed E-state index contributed by atoms with van der Waals surface area (Å²) in [4.78, 5) is 0. The van der Waals surface area contributed by atoms with Crippen LogP contribution in [0.3, 0.4) is 0 Å². The van der Waals surface area contributed by atoms with E-state index >= 15 is 0 Å². The zero-order chi connectivity index (χ0) is 12.0. The van der Waals surface area contributed by atoms with E-state index in [4.69, 9.17) is 16.3 Å². The standard InChI is InChI=1S/C12H15ClF2O/c1-2-16-6-5-10(13)7-9-3-4-11(14)12(15)8-9/h3-4,8,10H,2,5-7H2,1H3. The molecule has 0 aromatic heterocycles. The summed E-state index contributed by atoms with van der Waals surface area (Å²) in [6.45, 7) is 3.17. The Labute approximate surface area is 99.4 Å². The van der Waals surface area contributed by atoms with E-state index < -0.39 is 11.6 Å². The third kappa shape index (κ3) is 4.45. The largest absolute Gasteiger partial charge is 0.382 e. The third-order valence-corrected chi connectivity index (χ3v) is 2.59. The van der Waals surface area contributed by atoms with Crippen LogP contribution in [0.25, 0.3) is 0 Å². The number of ether oxygens (including phenoxy) is 1. The van der Waals surface area contributed by atoms with E-state index in [0.29, 0.717) is 31.6 Å². The summed E-state index contributed by atoms with van der Waals surface area (Å²) in [6.07, 6.45) is 1.22. The molecule has 90 valence electrons. The molecule has 0 N–H and O–H groups in total. The van der Waals surface area contributed by atoms with Gasteiger partial charge in [0, 0.05) is 18.6 Å². The lowest BCUT2D eigenvalue weighted by Gasteiger charge is -2.09. The van der Waals surface area contributed by atoms with Gasteiger partial charge in [-0.05, 0) is 37.5 Å². The van der Waals surface area contributed by atoms with Crippen LogP contribution in [-0.4, -0.2) is 18.6 Å². The minimum atomic E-state index is -0.829. The molecule has 1 aromatic rings. The van der Waals surface area contributed by atoms with Crippen molar-refractivity contribution in [3.63, 3.8) is 0 Å². The van der Waals surface area contributed by atoms with E-state index in [1.165, 1.54) is 6.07 Å². The minimum Gasteiger partial charge on any atom is -0.382 e. The maximum atomic E-state index is 12.9. The van der Waals surface area contributed by atoms with Gasteiger partial charge in [0.25, 0.3) is 0 Å². The fraction of sp³-hybridized carbons (Fsp3) is 0.500. The van der Waals surface area contributed by atoms with Gasteiger partial charge in [-0.2, -0.15) is 0 Å². The average Bonchev–Trinajstić information content (AvgIpc) is 2.24. The van der Waals surface area contributed by atoms with E-state index in [0.717, 1.165) is 6.07 Å². The zero-order valence-electron chi connectivity index (χ0n) is 9.18. The Kier molecular flexibility index (Phi) is 5.71. The van der Waals surface area contributed by atoms with Crippen molar-refractivity contribution < 1.29 is 13.5 Å². The molecule has 0 aliphatic heterocycles. The Morgan fingerprint density at radius 1 is 1.31 bits per heavy atom. The molecule has 0 radical (unpaired) electrons. The van der Waals surface area contributed by atoms with Gasteiger partial charge < -0.3 is 4.74 Å². The van der Waals surface area contributed by atoms with Gasteiger partial charge in [-0.15, -0.1) is 11.6 Å². The second-order valence-electron chi connectivity index (χ2n) is 3.54. The van der Waals surface area contributed by atoms with Crippen molar-refractivity contribution in [1.29, 1.82) is 0 Å². The molecule has 0 spiro atoms. The van der Waals surface area contributed by atoms with Gasteiger partial charge in [0.15, 0.2) is 11.6 Å². The highest BCUT2D eigenvalue weighted by Gasteiger charge is 2.08. The van der Waals surface area contributed by atoms with Crippen molar-refractivity contribution in [2.75, 3.05) is 13.2 Å². The summed E-state index contributed by atoms with van der Waals surface area (Å²) in [6, 6.07) is 3.86. The molecule has 1 aromatic carbocycles. The lowest BCUT2D eigenvalue weighted by atomic mass is 10.1. The van der Waals surface area contributed by atoms with Crippen LogP contribution >= 0.6 is 11.6 Å². The number of halogens is 3. The molecular weight excluding hydrogens is 234 g/mol. The van der Waals surface area contributed by atoms with Gasteiger partial charge >= 0.3 is 0 Å². The van der Waals surface area contributed by atoms with Gasteiger partial charge in [0.05, 0.1) is 0 Å². The summed E-state index contributed by atoms with van der Waals surface area (Å²) in [5, 5.41) is -0.114. The molecule has 0 saturated heterocycles. The zero-order valence-corrected chi connectivity index (χ0v) is 9.94. The van der Waals surface area contributed by atoms with Crippen molar-refractivity contribution in [2.45, 2.75) is 25.1 Å². The Balaban J connectivity index is 2.43. The summed E-state index contributed by atoms with van der Waals surface area (Å²) < 4.78 is 30.7. The molecule has 0 saturated carbocycles. The number of benzene rings is 1. The molecule has 1 rings (SSSR count). The molecule has 16 heavy (non-hydrogen) atoms. The normalized spacial score (nSPS) is 12.8. The molecule has 1 unspecified atom stereocenters. The fourth-order valence-corrected chi connectivity index (χ4v) is 1.65. The fourth-order valence-electron chi connectivity index (χ4n) is 1.38. The maximum absolute atomic E-state index is 12.9. The molecule has 0 bridgehead atoms. The number of hydrogen-bond acceptors (Lipinski definition) is 1. The van der Waals surface area contributed by atoms with Crippen molar-refractivity contribution in [3.05, 3.63) is 35.4 Å². The molecule has 0 aliphatic rings. The Morgan fingerprint density at radius 3 is 2.69 bits per heavy atom. The second kappa shape index (κ2) is 6.81. The highest BCUT2D eigenvalue weighted by atomic mass is 35.5. The summed E-state index contributed by atoms with van der Waals surface area (Å²) in [5.41, 5.74) is 0.704. The number of rotatable bonds is 6. The predicted molar refractivity (Wildman–Crippen MR) is 60.8 cm³/mol. The topological polar surface area (TPSA) is 9.23 Å². The lowest BCUT2D eigenvalue weighted by Crippen LogP contribution is -2.08. The molecule has 0 amide bonds. The van der Waals surface area contributed by atoms with Gasteiger partial charge in [-0.25, -0.2) is 8.78 Å². The van der Waals surface area contributed by atoms with Crippen LogP contribution in [0.15, 0.2) is 18.2 Å². The quantitative estimate of drug-likeness (QED) is 0.553. The van der Waals surface area contributed by atoms with Crippen molar-refractivity contribution in [2.24, 2.45) is 0 Å². The first-order chi connectivity index (χ1) is 7.63. The van der Waals surface area contributed by atoms with E-state index in [1.54, 1.807) is 6.07 Å². The van der Waals surface area contributed by atoms with Crippen LogP contribution in [0.5, 0.6) is 0 Å². The van der Waals surface area contributed by atoms with Crippen molar-refractivity contribution in [3.8, 4) is 0 Å². The Bertz CT molecular complexity index is 331. The van der Waals surface area contributed by atoms with Gasteiger partial charge in [0.2, 0.25) is 0 Å². The third-order valence-electron chi connectivity index (χ3n) is 2.22. The molecule has 1 atom stereocenters. The molecule has 0 fully saturated rings. The molecule has 4 heteroatoms. The van der Waals surface area contributed by atoms with Crippen LogP contribution in [0.4, 0.5) is 8.78 Å². The van der Waals surface area contributed by atoms with E-state index in [1.807, 2.05) is 6.92 Å². The average molecular weight is 249 g/mol. The molecule has 0 aliphatic carbocycles. The van der Waals surface area contributed by atoms with Crippen LogP contribution in [-0.2, 0) is 11.2 Å². The predicted octanol–water partition coefficient (Wildman–Crippen LogP) is 3.54. The summed E-state index contributed by atoms with van der Waals surface area (Å²) in [5.74, 6) is -1.66. The van der Waals surface area contributed by atoms with E-state index in [2.05, 4.69) is 0 Å². The lowest BCUT2D eigenvalue weighted by molar-refractivity contribution is 0.144. The van der Waals surface area contributed by atoms with Crippen LogP contribution in [0.2, 0.25) is 0 Å². The highest BCUT2D eigenvalue weighted by Crippen LogP contribution is 2.14. The first kappa shape index (κ1) is 13.4. The summed E-state index contributed by atoms with van der Waals surface area (Å²) >= 11 is 6.05. The smallest absolute Gasteiger partial charge is 0.159 e. The molecular formula is C12H15ClF2O. The SMILES string of the molecule is CCOCCC(Cl)Cc1ccc(F)c(F)c1. The van der Waals surface area contributed by atoms with Gasteiger partial charge in [-0.1, -0.05) is 6.07 Å². The van der Waals surface area contributed by atoms with Crippen LogP contribution < -0.4 is 0 Å². The Hall–Kier alpha value is -0.670. The van der Waals surface area contributed by atoms with Gasteiger partial charge in [0.1, 0.15) is 0 Å². The van der Waals surface area contributed by atoms with Crippen LogP contribution in [0.1, 0.15) is 18.9 Å². The highest BCUT2D eigenvalue weighted by molar-refractivity contribution is 6.20. The minimum absolute atomic E-state index is 0.114. The van der Waals surface area contributed by atoms with E-state index in [-0.39, 0.29) is 5.38 Å². The van der Waals surface area contributed by atoms with E-state index in [9.17, 15) is 8.78 Å². The molecule has 0 heterocycles. The van der Waals surface area contributed by atoms with Crippen molar-refractivity contribution in [1.82, 2.24) is 0 Å². The van der Waals surface area contributed by atoms with Crippen LogP contribution in [0, 0.1) is 11.6 Å².